The van der Waals surface area contributed by atoms with Crippen molar-refractivity contribution >= 4 is 5.91 Å². The average Bonchev–Trinajstić information content (AvgIpc) is 2.82. The quantitative estimate of drug-likeness (QED) is 0.902. The molecule has 2 aliphatic heterocycles. The van der Waals surface area contributed by atoms with Crippen LogP contribution in [0.3, 0.4) is 0 Å². The first-order valence-electron chi connectivity index (χ1n) is 7.45. The molecule has 0 unspecified atom stereocenters. The molecule has 5 heteroatoms. The third kappa shape index (κ3) is 3.09. The Kier molecular flexibility index (Phi) is 3.95. The zero-order valence-electron chi connectivity index (χ0n) is 12.4. The monoisotopic (exact) mass is 292 g/mol. The molecule has 3 rings (SSSR count). The van der Waals surface area contributed by atoms with Crippen molar-refractivity contribution in [3.63, 3.8) is 0 Å². The number of carbonyl (C=O) groups excluding carboxylic acids is 1. The normalized spacial score (nSPS) is 29.2. The summed E-state index contributed by atoms with van der Waals surface area (Å²) in [5, 5.41) is 2.96. The fourth-order valence-electron chi connectivity index (χ4n) is 3.22. The number of carbonyl (C=O) groups is 1. The van der Waals surface area contributed by atoms with Crippen molar-refractivity contribution in [1.29, 1.82) is 0 Å². The molecule has 0 spiro atoms. The summed E-state index contributed by atoms with van der Waals surface area (Å²) < 4.78 is 19.4. The number of nitrogens with one attached hydrogen (secondary N) is 1. The van der Waals surface area contributed by atoms with Gasteiger partial charge in [0.25, 0.3) is 5.91 Å². The van der Waals surface area contributed by atoms with Crippen LogP contribution >= 0.6 is 0 Å². The van der Waals surface area contributed by atoms with E-state index in [1.54, 1.807) is 12.1 Å². The predicted octanol–water partition coefficient (Wildman–Crippen LogP) is 1.73. The molecule has 0 aliphatic carbocycles. The van der Waals surface area contributed by atoms with Gasteiger partial charge in [-0.05, 0) is 32.4 Å². The topological polar surface area (TPSA) is 41.6 Å². The summed E-state index contributed by atoms with van der Waals surface area (Å²) in [5.74, 6) is -0.791. The molecule has 2 aliphatic rings. The van der Waals surface area contributed by atoms with E-state index in [9.17, 15) is 9.18 Å². The second-order valence-corrected chi connectivity index (χ2v) is 6.14. The number of hydrogen-bond acceptors (Lipinski definition) is 3. The average molecular weight is 292 g/mol. The van der Waals surface area contributed by atoms with E-state index in [-0.39, 0.29) is 23.6 Å². The van der Waals surface area contributed by atoms with Gasteiger partial charge in [0, 0.05) is 25.2 Å². The number of benzene rings is 1. The van der Waals surface area contributed by atoms with E-state index in [1.807, 2.05) is 6.92 Å². The van der Waals surface area contributed by atoms with E-state index in [4.69, 9.17) is 4.74 Å². The third-order valence-corrected chi connectivity index (χ3v) is 4.29. The zero-order valence-corrected chi connectivity index (χ0v) is 12.4. The van der Waals surface area contributed by atoms with Crippen molar-refractivity contribution in [3.8, 4) is 0 Å². The van der Waals surface area contributed by atoms with Gasteiger partial charge < -0.3 is 10.1 Å². The van der Waals surface area contributed by atoms with Crippen molar-refractivity contribution in [2.24, 2.45) is 0 Å². The van der Waals surface area contributed by atoms with E-state index in [1.165, 1.54) is 6.07 Å². The van der Waals surface area contributed by atoms with Crippen LogP contribution in [0.5, 0.6) is 0 Å². The van der Waals surface area contributed by atoms with Crippen molar-refractivity contribution in [3.05, 3.63) is 35.1 Å². The largest absolute Gasteiger partial charge is 0.376 e. The summed E-state index contributed by atoms with van der Waals surface area (Å²) in [4.78, 5) is 14.6. The molecule has 0 radical (unpaired) electrons. The lowest BCUT2D eigenvalue weighted by Crippen LogP contribution is -2.45. The van der Waals surface area contributed by atoms with Crippen LogP contribution in [0.4, 0.5) is 4.39 Å². The van der Waals surface area contributed by atoms with Gasteiger partial charge in [-0.3, -0.25) is 9.69 Å². The second kappa shape index (κ2) is 5.73. The fourth-order valence-corrected chi connectivity index (χ4v) is 3.22. The molecule has 2 saturated heterocycles. The molecule has 114 valence electrons. The number of amides is 1. The number of aryl methyl sites for hydroxylation is 1. The van der Waals surface area contributed by atoms with Crippen LogP contribution in [0.1, 0.15) is 29.3 Å². The van der Waals surface area contributed by atoms with Gasteiger partial charge in [-0.2, -0.15) is 0 Å². The number of morpholine rings is 1. The lowest BCUT2D eigenvalue weighted by Gasteiger charge is -2.33. The molecule has 1 amide bonds. The lowest BCUT2D eigenvalue weighted by molar-refractivity contribution is -0.0390. The fraction of sp³-hybridized carbons (Fsp3) is 0.562. The minimum atomic E-state index is -0.467. The summed E-state index contributed by atoms with van der Waals surface area (Å²) in [6.07, 6.45) is 1.11. The molecule has 0 saturated carbocycles. The Morgan fingerprint density at radius 2 is 2.24 bits per heavy atom. The SMILES string of the molecule is Cc1ccc(F)c(C(=O)N[C@@H]2C[C@H]3CO[C@H](C)CN3C2)c1. The molecule has 2 heterocycles. The standard InChI is InChI=1S/C16H21FN2O2/c1-10-3-4-15(17)14(5-10)16(20)18-12-6-13-9-21-11(2)7-19(13)8-12/h3-5,11-13H,6-9H2,1-2H3,(H,18,20)/t11-,12-,13+/m1/s1. The molecular formula is C16H21FN2O2. The minimum absolute atomic E-state index is 0.0660. The summed E-state index contributed by atoms with van der Waals surface area (Å²) in [6, 6.07) is 5.04. The number of ether oxygens (including phenoxy) is 1. The van der Waals surface area contributed by atoms with Crippen molar-refractivity contribution in [2.45, 2.75) is 38.5 Å². The first kappa shape index (κ1) is 14.5. The highest BCUT2D eigenvalue weighted by Crippen LogP contribution is 2.23. The molecule has 1 aromatic rings. The Morgan fingerprint density at radius 1 is 1.43 bits per heavy atom. The molecule has 1 aromatic carbocycles. The van der Waals surface area contributed by atoms with Gasteiger partial charge in [-0.1, -0.05) is 11.6 Å². The summed E-state index contributed by atoms with van der Waals surface area (Å²) >= 11 is 0. The van der Waals surface area contributed by atoms with Crippen LogP contribution in [0.2, 0.25) is 0 Å². The van der Waals surface area contributed by atoms with Gasteiger partial charge in [0.05, 0.1) is 18.3 Å². The number of rotatable bonds is 2. The number of halogens is 1. The summed E-state index contributed by atoms with van der Waals surface area (Å²) in [7, 11) is 0. The zero-order chi connectivity index (χ0) is 15.0. The number of hydrogen-bond donors (Lipinski definition) is 1. The molecule has 4 nitrogen and oxygen atoms in total. The molecule has 3 atom stereocenters. The van der Waals surface area contributed by atoms with Crippen LogP contribution in [-0.4, -0.2) is 48.7 Å². The van der Waals surface area contributed by atoms with Crippen LogP contribution < -0.4 is 5.32 Å². The Bertz CT molecular complexity index is 549. The van der Waals surface area contributed by atoms with Crippen LogP contribution in [0.15, 0.2) is 18.2 Å². The predicted molar refractivity (Wildman–Crippen MR) is 77.8 cm³/mol. The first-order chi connectivity index (χ1) is 10.0. The lowest BCUT2D eigenvalue weighted by atomic mass is 10.1. The maximum Gasteiger partial charge on any atom is 0.254 e. The van der Waals surface area contributed by atoms with Gasteiger partial charge in [0.15, 0.2) is 0 Å². The highest BCUT2D eigenvalue weighted by atomic mass is 19.1. The molecule has 1 N–H and O–H groups in total. The summed E-state index contributed by atoms with van der Waals surface area (Å²) in [6.45, 7) is 6.34. The molecule has 0 aromatic heterocycles. The van der Waals surface area contributed by atoms with E-state index in [0.29, 0.717) is 12.6 Å². The summed E-state index contributed by atoms with van der Waals surface area (Å²) in [5.41, 5.74) is 1.01. The van der Waals surface area contributed by atoms with Crippen LogP contribution in [0.25, 0.3) is 0 Å². The van der Waals surface area contributed by atoms with Gasteiger partial charge in [0.1, 0.15) is 5.82 Å². The van der Waals surface area contributed by atoms with E-state index in [0.717, 1.165) is 25.1 Å². The first-order valence-corrected chi connectivity index (χ1v) is 7.45. The smallest absolute Gasteiger partial charge is 0.254 e. The maximum absolute atomic E-state index is 13.7. The molecule has 0 bridgehead atoms. The third-order valence-electron chi connectivity index (χ3n) is 4.29. The van der Waals surface area contributed by atoms with Gasteiger partial charge >= 0.3 is 0 Å². The maximum atomic E-state index is 13.7. The van der Waals surface area contributed by atoms with Gasteiger partial charge in [-0.25, -0.2) is 4.39 Å². The Hall–Kier alpha value is -1.46. The van der Waals surface area contributed by atoms with Gasteiger partial charge in [0.2, 0.25) is 0 Å². The number of nitrogens with zero attached hydrogens (tertiary/aromatic N) is 1. The van der Waals surface area contributed by atoms with Gasteiger partial charge in [-0.15, -0.1) is 0 Å². The molecule has 2 fully saturated rings. The van der Waals surface area contributed by atoms with Crippen molar-refractivity contribution in [2.75, 3.05) is 19.7 Å². The Balaban J connectivity index is 1.65. The van der Waals surface area contributed by atoms with Crippen LogP contribution in [-0.2, 0) is 4.74 Å². The van der Waals surface area contributed by atoms with Crippen molar-refractivity contribution < 1.29 is 13.9 Å². The van der Waals surface area contributed by atoms with Crippen molar-refractivity contribution in [1.82, 2.24) is 10.2 Å². The van der Waals surface area contributed by atoms with Crippen LogP contribution in [0, 0.1) is 12.7 Å². The Labute approximate surface area is 124 Å². The number of fused-ring (bicyclic) bond motifs is 1. The minimum Gasteiger partial charge on any atom is -0.376 e. The second-order valence-electron chi connectivity index (χ2n) is 6.14. The molecular weight excluding hydrogens is 271 g/mol. The molecule has 21 heavy (non-hydrogen) atoms. The highest BCUT2D eigenvalue weighted by molar-refractivity contribution is 5.94. The highest BCUT2D eigenvalue weighted by Gasteiger charge is 2.36. The van der Waals surface area contributed by atoms with E-state index in [2.05, 4.69) is 17.1 Å². The Morgan fingerprint density at radius 3 is 3.05 bits per heavy atom. The van der Waals surface area contributed by atoms with E-state index >= 15 is 0 Å². The van der Waals surface area contributed by atoms with E-state index < -0.39 is 5.82 Å².